The molecule has 0 bridgehead atoms. The van der Waals surface area contributed by atoms with Crippen molar-refractivity contribution >= 4 is 21.6 Å². The number of sulfonamides is 1. The molecule has 0 aliphatic heterocycles. The summed E-state index contributed by atoms with van der Waals surface area (Å²) >= 11 is 0. The van der Waals surface area contributed by atoms with Crippen LogP contribution in [0.25, 0.3) is 0 Å². The van der Waals surface area contributed by atoms with Crippen LogP contribution < -0.4 is 15.8 Å². The van der Waals surface area contributed by atoms with Gasteiger partial charge in [0.25, 0.3) is 0 Å². The maximum absolute atomic E-state index is 11.8. The smallest absolute Gasteiger partial charge is 0.238 e. The van der Waals surface area contributed by atoms with E-state index in [9.17, 15) is 13.2 Å². The summed E-state index contributed by atoms with van der Waals surface area (Å²) in [6, 6.07) is 14.0. The molecule has 0 saturated carbocycles. The molecule has 0 heterocycles. The van der Waals surface area contributed by atoms with Gasteiger partial charge in [0.05, 0.1) is 11.4 Å². The molecule has 4 N–H and O–H groups in total. The molecule has 0 aliphatic carbocycles. The Morgan fingerprint density at radius 2 is 1.83 bits per heavy atom. The van der Waals surface area contributed by atoms with Gasteiger partial charge in [0.15, 0.2) is 0 Å². The van der Waals surface area contributed by atoms with Crippen molar-refractivity contribution in [3.8, 4) is 0 Å². The number of carbonyl (C=O) groups is 1. The third kappa shape index (κ3) is 5.77. The third-order valence-electron chi connectivity index (χ3n) is 3.43. The maximum atomic E-state index is 11.8. The van der Waals surface area contributed by atoms with E-state index in [0.717, 1.165) is 16.8 Å². The topological polar surface area (TPSA) is 101 Å². The van der Waals surface area contributed by atoms with Crippen LogP contribution >= 0.6 is 0 Å². The molecule has 0 fully saturated rings. The van der Waals surface area contributed by atoms with E-state index >= 15 is 0 Å². The predicted molar refractivity (Wildman–Crippen MR) is 94.2 cm³/mol. The number of aryl methyl sites for hydroxylation is 1. The van der Waals surface area contributed by atoms with E-state index in [1.54, 1.807) is 12.1 Å². The van der Waals surface area contributed by atoms with E-state index in [-0.39, 0.29) is 17.3 Å². The van der Waals surface area contributed by atoms with Crippen molar-refractivity contribution in [2.75, 3.05) is 18.4 Å². The minimum atomic E-state index is -3.66. The van der Waals surface area contributed by atoms with Crippen molar-refractivity contribution in [3.63, 3.8) is 0 Å². The summed E-state index contributed by atoms with van der Waals surface area (Å²) in [5.74, 6) is -0.106. The highest BCUT2D eigenvalue weighted by Gasteiger charge is 2.06. The number of anilines is 1. The zero-order chi connectivity index (χ0) is 17.6. The lowest BCUT2D eigenvalue weighted by molar-refractivity contribution is -0.115. The number of benzene rings is 2. The monoisotopic (exact) mass is 347 g/mol. The van der Waals surface area contributed by atoms with E-state index in [4.69, 9.17) is 5.14 Å². The van der Waals surface area contributed by atoms with E-state index in [2.05, 4.69) is 10.6 Å². The molecular formula is C17H21N3O3S. The van der Waals surface area contributed by atoms with Gasteiger partial charge in [-0.2, -0.15) is 0 Å². The molecule has 24 heavy (non-hydrogen) atoms. The molecule has 0 radical (unpaired) electrons. The van der Waals surface area contributed by atoms with Crippen LogP contribution in [0.1, 0.15) is 11.1 Å². The summed E-state index contributed by atoms with van der Waals surface area (Å²) in [6.45, 7) is 2.79. The lowest BCUT2D eigenvalue weighted by Crippen LogP contribution is -2.29. The average molecular weight is 347 g/mol. The maximum Gasteiger partial charge on any atom is 0.238 e. The molecule has 6 nitrogen and oxygen atoms in total. The predicted octanol–water partition coefficient (Wildman–Crippen LogP) is 1.41. The van der Waals surface area contributed by atoms with Crippen LogP contribution in [0.2, 0.25) is 0 Å². The average Bonchev–Trinajstić information content (AvgIpc) is 2.51. The fourth-order valence-corrected chi connectivity index (χ4v) is 2.72. The van der Waals surface area contributed by atoms with Gasteiger partial charge in [-0.25, -0.2) is 13.6 Å². The fraction of sp³-hybridized carbons (Fsp3) is 0.235. The Bertz CT molecular complexity index is 802. The van der Waals surface area contributed by atoms with E-state index < -0.39 is 10.0 Å². The number of amides is 1. The molecule has 0 atom stereocenters. The molecule has 0 aliphatic rings. The van der Waals surface area contributed by atoms with Crippen molar-refractivity contribution in [2.45, 2.75) is 18.2 Å². The van der Waals surface area contributed by atoms with Gasteiger partial charge in [-0.15, -0.1) is 0 Å². The fourth-order valence-electron chi connectivity index (χ4n) is 2.21. The first-order chi connectivity index (χ1) is 11.3. The van der Waals surface area contributed by atoms with Crippen LogP contribution in [0.3, 0.4) is 0 Å². The third-order valence-corrected chi connectivity index (χ3v) is 4.36. The number of carbonyl (C=O) groups excluding carboxylic acids is 1. The van der Waals surface area contributed by atoms with Crippen LogP contribution in [-0.2, 0) is 21.2 Å². The summed E-state index contributed by atoms with van der Waals surface area (Å²) in [6.07, 6.45) is 0.683. The van der Waals surface area contributed by atoms with Crippen molar-refractivity contribution in [3.05, 3.63) is 59.7 Å². The van der Waals surface area contributed by atoms with Crippen LogP contribution in [-0.4, -0.2) is 27.4 Å². The van der Waals surface area contributed by atoms with Gasteiger partial charge in [-0.1, -0.05) is 24.3 Å². The largest absolute Gasteiger partial charge is 0.325 e. The number of rotatable bonds is 7. The molecular weight excluding hydrogens is 326 g/mol. The first kappa shape index (κ1) is 18.1. The lowest BCUT2D eigenvalue weighted by atomic mass is 10.1. The normalized spacial score (nSPS) is 11.2. The van der Waals surface area contributed by atoms with Crippen molar-refractivity contribution < 1.29 is 13.2 Å². The second-order valence-electron chi connectivity index (χ2n) is 5.53. The zero-order valence-corrected chi connectivity index (χ0v) is 14.3. The summed E-state index contributed by atoms with van der Waals surface area (Å²) < 4.78 is 22.3. The zero-order valence-electron chi connectivity index (χ0n) is 13.5. The standard InChI is InChI=1S/C17H21N3O3S/c1-13-3-2-4-15(11-13)20-17(21)12-19-10-9-14-5-7-16(8-6-14)24(18,22)23/h2-8,11,19H,9-10,12H2,1H3,(H,20,21)(H2,18,22,23). The molecule has 0 saturated heterocycles. The second-order valence-corrected chi connectivity index (χ2v) is 7.09. The molecule has 1 amide bonds. The van der Waals surface area contributed by atoms with Gasteiger partial charge in [-0.05, 0) is 55.3 Å². The Labute approximate surface area is 142 Å². The summed E-state index contributed by atoms with van der Waals surface area (Å²) in [7, 11) is -3.66. The SMILES string of the molecule is Cc1cccc(NC(=O)CNCCc2ccc(S(N)(=O)=O)cc2)c1. The molecule has 0 aromatic heterocycles. The Morgan fingerprint density at radius 3 is 2.46 bits per heavy atom. The lowest BCUT2D eigenvalue weighted by Gasteiger charge is -2.08. The number of nitrogens with one attached hydrogen (secondary N) is 2. The molecule has 128 valence electrons. The number of hydrogen-bond acceptors (Lipinski definition) is 4. The Morgan fingerprint density at radius 1 is 1.12 bits per heavy atom. The van der Waals surface area contributed by atoms with Gasteiger partial charge in [-0.3, -0.25) is 4.79 Å². The molecule has 2 aromatic rings. The molecule has 0 unspecified atom stereocenters. The van der Waals surface area contributed by atoms with Crippen LogP contribution in [0, 0.1) is 6.92 Å². The summed E-state index contributed by atoms with van der Waals surface area (Å²) in [4.78, 5) is 11.9. The second kappa shape index (κ2) is 8.05. The van der Waals surface area contributed by atoms with E-state index in [1.165, 1.54) is 12.1 Å². The highest BCUT2D eigenvalue weighted by molar-refractivity contribution is 7.89. The number of primary sulfonamides is 1. The minimum Gasteiger partial charge on any atom is -0.325 e. The summed E-state index contributed by atoms with van der Waals surface area (Å²) in [5, 5.41) is 10.9. The van der Waals surface area contributed by atoms with E-state index in [1.807, 2.05) is 31.2 Å². The van der Waals surface area contributed by atoms with Gasteiger partial charge in [0, 0.05) is 5.69 Å². The first-order valence-electron chi connectivity index (χ1n) is 7.53. The molecule has 0 spiro atoms. The minimum absolute atomic E-state index is 0.0942. The molecule has 7 heteroatoms. The first-order valence-corrected chi connectivity index (χ1v) is 9.08. The molecule has 2 rings (SSSR count). The molecule has 2 aromatic carbocycles. The highest BCUT2D eigenvalue weighted by atomic mass is 32.2. The Kier molecular flexibility index (Phi) is 6.08. The van der Waals surface area contributed by atoms with Gasteiger partial charge in [0.1, 0.15) is 0 Å². The van der Waals surface area contributed by atoms with Crippen molar-refractivity contribution in [1.29, 1.82) is 0 Å². The quantitative estimate of drug-likeness (QED) is 0.659. The van der Waals surface area contributed by atoms with E-state index in [0.29, 0.717) is 13.0 Å². The highest BCUT2D eigenvalue weighted by Crippen LogP contribution is 2.10. The van der Waals surface area contributed by atoms with Crippen LogP contribution in [0.5, 0.6) is 0 Å². The van der Waals surface area contributed by atoms with Crippen LogP contribution in [0.15, 0.2) is 53.4 Å². The Balaban J connectivity index is 1.73. The van der Waals surface area contributed by atoms with Gasteiger partial charge >= 0.3 is 0 Å². The Hall–Kier alpha value is -2.22. The van der Waals surface area contributed by atoms with Crippen LogP contribution in [0.4, 0.5) is 5.69 Å². The van der Waals surface area contributed by atoms with Gasteiger partial charge < -0.3 is 10.6 Å². The van der Waals surface area contributed by atoms with Gasteiger partial charge in [0.2, 0.25) is 15.9 Å². The van der Waals surface area contributed by atoms with Crippen molar-refractivity contribution in [1.82, 2.24) is 5.32 Å². The summed E-state index contributed by atoms with van der Waals surface area (Å²) in [5.41, 5.74) is 2.83. The van der Waals surface area contributed by atoms with Crippen molar-refractivity contribution in [2.24, 2.45) is 5.14 Å². The number of hydrogen-bond donors (Lipinski definition) is 3. The number of nitrogens with two attached hydrogens (primary N) is 1.